The number of imidazole rings is 2. The summed E-state index contributed by atoms with van der Waals surface area (Å²) in [6.45, 7) is 2.16. The molecule has 0 amide bonds. The molecule has 0 saturated heterocycles. The molecule has 0 spiro atoms. The summed E-state index contributed by atoms with van der Waals surface area (Å²) < 4.78 is 29.3. The molecule has 0 fully saturated rings. The average Bonchev–Trinajstić information content (AvgIpc) is 3.85. The summed E-state index contributed by atoms with van der Waals surface area (Å²) in [5.41, 5.74) is 16.0. The van der Waals surface area contributed by atoms with E-state index in [1.165, 1.54) is 36.4 Å². The van der Waals surface area contributed by atoms with Gasteiger partial charge in [0, 0.05) is 20.3 Å². The van der Waals surface area contributed by atoms with Gasteiger partial charge in [0.15, 0.2) is 39.6 Å². The molecule has 0 bridgehead atoms. The van der Waals surface area contributed by atoms with Crippen LogP contribution in [0.25, 0.3) is 22.3 Å². The minimum absolute atomic E-state index is 0.0562. The first-order chi connectivity index (χ1) is 33.0. The Labute approximate surface area is 385 Å². The highest BCUT2D eigenvalue weighted by molar-refractivity contribution is 5.91. The highest BCUT2D eigenvalue weighted by Crippen LogP contribution is 2.34. The number of fused-ring (bicyclic) bond motifs is 2. The molecule has 4 aromatic heterocycles. The number of carbonyl (C=O) groups excluding carboxylic acids is 1. The van der Waals surface area contributed by atoms with Crippen molar-refractivity contribution >= 4 is 69.7 Å². The van der Waals surface area contributed by atoms with Gasteiger partial charge in [-0.15, -0.1) is 20.5 Å². The Morgan fingerprint density at radius 2 is 1.22 bits per heavy atom. The minimum atomic E-state index is -1.28. The summed E-state index contributed by atoms with van der Waals surface area (Å²) in [4.78, 5) is 48.1. The molecule has 7 N–H and O–H groups in total. The van der Waals surface area contributed by atoms with Crippen LogP contribution in [0.4, 0.5) is 34.9 Å². The summed E-state index contributed by atoms with van der Waals surface area (Å²) in [7, 11) is 3.12. The number of benzene rings is 4. The minimum Gasteiger partial charge on any atom is -0.507 e. The SMILES string of the molecule is COCCOc1nc(N)c2nc(N=Nc3ccc(O)c(C(=O)O)c3)n(Cc3ccccc3)c2n1.COCCOc1nc(N=Nc2ccc(O)c(OC=O)c2)c2nc(N)n(Cc3ccccc3)c2n1. The molecule has 4 heterocycles. The Morgan fingerprint density at radius 1 is 0.647 bits per heavy atom. The van der Waals surface area contributed by atoms with E-state index in [-0.39, 0.29) is 83.7 Å². The number of carbonyl (C=O) groups is 2. The fourth-order valence-corrected chi connectivity index (χ4v) is 6.19. The van der Waals surface area contributed by atoms with Crippen molar-refractivity contribution in [2.75, 3.05) is 52.1 Å². The van der Waals surface area contributed by atoms with E-state index in [0.717, 1.165) is 11.1 Å². The van der Waals surface area contributed by atoms with Crippen molar-refractivity contribution in [3.63, 3.8) is 0 Å². The van der Waals surface area contributed by atoms with E-state index in [9.17, 15) is 24.9 Å². The maximum Gasteiger partial charge on any atom is 0.339 e. The van der Waals surface area contributed by atoms with Gasteiger partial charge in [-0.1, -0.05) is 60.7 Å². The van der Waals surface area contributed by atoms with Gasteiger partial charge in [0.2, 0.25) is 11.8 Å². The van der Waals surface area contributed by atoms with E-state index in [1.807, 2.05) is 60.7 Å². The number of aromatic nitrogens is 8. The van der Waals surface area contributed by atoms with Crippen LogP contribution in [-0.4, -0.2) is 107 Å². The summed E-state index contributed by atoms with van der Waals surface area (Å²) in [5, 5.41) is 45.3. The van der Waals surface area contributed by atoms with E-state index < -0.39 is 5.97 Å². The Morgan fingerprint density at radius 3 is 1.84 bits per heavy atom. The van der Waals surface area contributed by atoms with E-state index in [4.69, 9.17) is 35.2 Å². The van der Waals surface area contributed by atoms with Gasteiger partial charge in [0.25, 0.3) is 12.4 Å². The number of hydrogen-bond acceptors (Lipinski definition) is 21. The molecule has 8 aromatic rings. The molecule has 4 aromatic carbocycles. The number of anilines is 2. The summed E-state index contributed by atoms with van der Waals surface area (Å²) in [6, 6.07) is 27.5. The van der Waals surface area contributed by atoms with Gasteiger partial charge in [-0.3, -0.25) is 13.9 Å². The first-order valence-corrected chi connectivity index (χ1v) is 20.3. The van der Waals surface area contributed by atoms with E-state index in [0.29, 0.717) is 54.3 Å². The van der Waals surface area contributed by atoms with Crippen LogP contribution in [0.5, 0.6) is 29.3 Å². The first kappa shape index (κ1) is 46.8. The van der Waals surface area contributed by atoms with Gasteiger partial charge >= 0.3 is 18.0 Å². The van der Waals surface area contributed by atoms with Crippen molar-refractivity contribution in [3.8, 4) is 29.3 Å². The quantitative estimate of drug-likeness (QED) is 0.0331. The van der Waals surface area contributed by atoms with Crippen LogP contribution in [0, 0.1) is 0 Å². The number of ether oxygens (including phenoxy) is 5. The molecule has 0 saturated carbocycles. The number of aromatic hydroxyl groups is 2. The van der Waals surface area contributed by atoms with Crippen LogP contribution in [0.2, 0.25) is 0 Å². The van der Waals surface area contributed by atoms with Crippen molar-refractivity contribution in [1.29, 1.82) is 0 Å². The smallest absolute Gasteiger partial charge is 0.339 e. The molecule has 24 heteroatoms. The van der Waals surface area contributed by atoms with Crippen LogP contribution < -0.4 is 25.7 Å². The fraction of sp³-hybridized carbons (Fsp3) is 0.182. The van der Waals surface area contributed by atoms with Gasteiger partial charge in [0.1, 0.15) is 24.5 Å². The Hall–Kier alpha value is -9.16. The monoisotopic (exact) mass is 926 g/mol. The third kappa shape index (κ3) is 11.6. The zero-order chi connectivity index (χ0) is 48.0. The largest absolute Gasteiger partial charge is 0.507 e. The van der Waals surface area contributed by atoms with Crippen LogP contribution in [0.3, 0.4) is 0 Å². The molecule has 68 heavy (non-hydrogen) atoms. The molecular weight excluding hydrogens is 885 g/mol. The van der Waals surface area contributed by atoms with Gasteiger partial charge in [0.05, 0.1) is 37.7 Å². The molecule has 0 aliphatic heterocycles. The highest BCUT2D eigenvalue weighted by atomic mass is 16.5. The van der Waals surface area contributed by atoms with Crippen molar-refractivity contribution in [2.45, 2.75) is 13.1 Å². The maximum atomic E-state index is 11.3. The number of nitrogens with two attached hydrogens (primary N) is 2. The standard InChI is InChI=1S/2C22H21N7O5/c1-32-9-10-33-22-25-19(28-27-15-7-8-16(31)17(11-15)34-13-30)18-20(26-22)29(21(23)24-18)12-14-5-3-2-4-6-14;1-33-9-10-34-22-25-18(23)17-19(26-22)29(12-13-5-3-2-4-6-13)21(24-17)28-27-14-7-8-16(30)15(11-14)20(31)32/h2-8,11,13,31H,9-10,12H2,1H3,(H2,23,24);2-8,11,30H,9-10,12H2,1H3,(H,31,32)(H2,23,25,26). The Bertz CT molecular complexity index is 3090. The average molecular weight is 927 g/mol. The molecule has 348 valence electrons. The number of nitrogen functional groups attached to an aromatic ring is 2. The number of aromatic carboxylic acids is 1. The second-order valence-electron chi connectivity index (χ2n) is 14.0. The maximum absolute atomic E-state index is 11.3. The summed E-state index contributed by atoms with van der Waals surface area (Å²) in [5.74, 6) is -1.28. The lowest BCUT2D eigenvalue weighted by molar-refractivity contribution is -0.120. The zero-order valence-electron chi connectivity index (χ0n) is 36.3. The number of rotatable bonds is 19. The predicted molar refractivity (Wildman–Crippen MR) is 244 cm³/mol. The summed E-state index contributed by atoms with van der Waals surface area (Å²) in [6.07, 6.45) is 0. The molecule has 0 radical (unpaired) electrons. The highest BCUT2D eigenvalue weighted by Gasteiger charge is 2.20. The lowest BCUT2D eigenvalue weighted by atomic mass is 10.2. The third-order valence-corrected chi connectivity index (χ3v) is 9.41. The van der Waals surface area contributed by atoms with Crippen molar-refractivity contribution in [3.05, 3.63) is 114 Å². The zero-order valence-corrected chi connectivity index (χ0v) is 36.3. The number of azo groups is 2. The summed E-state index contributed by atoms with van der Waals surface area (Å²) >= 11 is 0. The number of methoxy groups -OCH3 is 2. The Balaban J connectivity index is 0.000000201. The van der Waals surface area contributed by atoms with Crippen LogP contribution >= 0.6 is 0 Å². The lowest BCUT2D eigenvalue weighted by Crippen LogP contribution is -2.09. The number of carboxylic acid groups (broad SMARTS) is 1. The topological polar surface area (TPSA) is 330 Å². The molecule has 0 aliphatic rings. The van der Waals surface area contributed by atoms with Crippen LogP contribution in [0.1, 0.15) is 21.5 Å². The number of carboxylic acids is 1. The normalized spacial score (nSPS) is 11.3. The van der Waals surface area contributed by atoms with Crippen LogP contribution in [0.15, 0.2) is 118 Å². The van der Waals surface area contributed by atoms with Crippen molar-refractivity contribution < 1.29 is 48.6 Å². The molecule has 0 atom stereocenters. The van der Waals surface area contributed by atoms with E-state index in [1.54, 1.807) is 23.4 Å². The van der Waals surface area contributed by atoms with Crippen molar-refractivity contribution in [2.24, 2.45) is 20.5 Å². The van der Waals surface area contributed by atoms with Gasteiger partial charge < -0.3 is 50.5 Å². The van der Waals surface area contributed by atoms with Gasteiger partial charge in [-0.25, -0.2) is 14.8 Å². The number of hydrogen-bond donors (Lipinski definition) is 5. The van der Waals surface area contributed by atoms with Crippen LogP contribution in [-0.2, 0) is 27.4 Å². The van der Waals surface area contributed by atoms with E-state index >= 15 is 0 Å². The number of nitrogens with zero attached hydrogens (tertiary/aromatic N) is 12. The number of phenolic OH excluding ortho intramolecular Hbond substituents is 1. The fourth-order valence-electron chi connectivity index (χ4n) is 6.19. The van der Waals surface area contributed by atoms with Crippen molar-refractivity contribution in [1.82, 2.24) is 39.0 Å². The van der Waals surface area contributed by atoms with Gasteiger partial charge in [-0.2, -0.15) is 19.9 Å². The lowest BCUT2D eigenvalue weighted by Gasteiger charge is -2.08. The molecule has 0 aliphatic carbocycles. The van der Waals surface area contributed by atoms with Gasteiger partial charge in [-0.05, 0) is 41.5 Å². The predicted octanol–water partition coefficient (Wildman–Crippen LogP) is 6.44. The van der Waals surface area contributed by atoms with E-state index in [2.05, 4.69) is 50.4 Å². The third-order valence-electron chi connectivity index (χ3n) is 9.41. The first-order valence-electron chi connectivity index (χ1n) is 20.3. The molecule has 0 unspecified atom stereocenters. The second kappa shape index (κ2) is 22.2. The molecule has 24 nitrogen and oxygen atoms in total. The number of phenols is 2. The second-order valence-corrected chi connectivity index (χ2v) is 14.0. The molecule has 8 rings (SSSR count). The Kier molecular flexibility index (Phi) is 15.3. The molecular formula is C44H42N14O10.